The molecule has 0 fully saturated rings. The fourth-order valence-electron chi connectivity index (χ4n) is 2.89. The average Bonchev–Trinajstić information content (AvgIpc) is 2.71. The van der Waals surface area contributed by atoms with E-state index in [0.29, 0.717) is 23.1 Å². The summed E-state index contributed by atoms with van der Waals surface area (Å²) >= 11 is 1.60. The Morgan fingerprint density at radius 2 is 1.93 bits per heavy atom. The normalized spacial score (nSPS) is 11.5. The molecule has 1 atom stereocenters. The Labute approximate surface area is 169 Å². The van der Waals surface area contributed by atoms with Crippen LogP contribution in [0.15, 0.2) is 42.5 Å². The summed E-state index contributed by atoms with van der Waals surface area (Å²) in [6.45, 7) is 3.94. The van der Waals surface area contributed by atoms with Crippen molar-refractivity contribution in [1.29, 1.82) is 0 Å². The first-order chi connectivity index (χ1) is 13.5. The maximum absolute atomic E-state index is 13.0. The van der Waals surface area contributed by atoms with Crippen molar-refractivity contribution < 1.29 is 19.1 Å². The molecule has 0 aromatic heterocycles. The maximum Gasteiger partial charge on any atom is 0.328 e. The van der Waals surface area contributed by atoms with Crippen LogP contribution in [0.3, 0.4) is 0 Å². The molecule has 0 saturated heterocycles. The number of thioether (sulfide) groups is 1. The van der Waals surface area contributed by atoms with Gasteiger partial charge >= 0.3 is 5.97 Å². The van der Waals surface area contributed by atoms with Crippen LogP contribution in [0.2, 0.25) is 0 Å². The van der Waals surface area contributed by atoms with E-state index < -0.39 is 12.0 Å². The maximum atomic E-state index is 13.0. The number of hydrogen-bond acceptors (Lipinski definition) is 5. The van der Waals surface area contributed by atoms with Crippen molar-refractivity contribution in [2.24, 2.45) is 0 Å². The molecule has 0 aliphatic carbocycles. The smallest absolute Gasteiger partial charge is 0.328 e. The molecule has 0 spiro atoms. The Hall–Kier alpha value is -2.60. The lowest BCUT2D eigenvalue weighted by molar-refractivity contribution is -0.145. The van der Waals surface area contributed by atoms with Gasteiger partial charge in [-0.25, -0.2) is 4.79 Å². The van der Waals surface area contributed by atoms with Gasteiger partial charge in [-0.15, -0.1) is 0 Å². The van der Waals surface area contributed by atoms with Gasteiger partial charge in [0, 0.05) is 11.1 Å². The molecule has 2 rings (SSSR count). The van der Waals surface area contributed by atoms with E-state index in [1.165, 1.54) is 0 Å². The molecule has 6 heteroatoms. The highest BCUT2D eigenvalue weighted by Gasteiger charge is 2.24. The summed E-state index contributed by atoms with van der Waals surface area (Å²) in [6, 6.07) is 11.9. The molecular weight excluding hydrogens is 374 g/mol. The highest BCUT2D eigenvalue weighted by atomic mass is 32.2. The van der Waals surface area contributed by atoms with Crippen molar-refractivity contribution in [2.75, 3.05) is 18.6 Å². The molecule has 28 heavy (non-hydrogen) atoms. The largest absolute Gasteiger partial charge is 0.464 e. The number of carbonyl (C=O) groups is 3. The van der Waals surface area contributed by atoms with Crippen molar-refractivity contribution in [3.8, 4) is 11.1 Å². The highest BCUT2D eigenvalue weighted by molar-refractivity contribution is 7.98. The van der Waals surface area contributed by atoms with Crippen LogP contribution in [-0.4, -0.2) is 42.8 Å². The third-order valence-electron chi connectivity index (χ3n) is 4.35. The van der Waals surface area contributed by atoms with E-state index in [0.717, 1.165) is 23.2 Å². The van der Waals surface area contributed by atoms with Gasteiger partial charge in [-0.2, -0.15) is 11.8 Å². The Morgan fingerprint density at radius 1 is 1.18 bits per heavy atom. The number of nitrogens with one attached hydrogen (secondary N) is 1. The summed E-state index contributed by atoms with van der Waals surface area (Å²) in [5.74, 6) is -0.0832. The monoisotopic (exact) mass is 399 g/mol. The quantitative estimate of drug-likeness (QED) is 0.512. The second kappa shape index (κ2) is 10.7. The van der Waals surface area contributed by atoms with E-state index in [2.05, 4.69) is 5.32 Å². The van der Waals surface area contributed by atoms with Gasteiger partial charge in [-0.3, -0.25) is 9.59 Å². The third-order valence-corrected chi connectivity index (χ3v) is 4.99. The van der Waals surface area contributed by atoms with Crippen LogP contribution in [-0.2, 0) is 9.53 Å². The first kappa shape index (κ1) is 21.7. The van der Waals surface area contributed by atoms with E-state index in [4.69, 9.17) is 4.74 Å². The molecule has 0 heterocycles. The van der Waals surface area contributed by atoms with E-state index >= 15 is 0 Å². The molecule has 0 unspecified atom stereocenters. The van der Waals surface area contributed by atoms with Gasteiger partial charge in [0.15, 0.2) is 0 Å². The molecule has 148 valence electrons. The molecule has 1 N–H and O–H groups in total. The Bertz CT molecular complexity index is 850. The second-order valence-corrected chi connectivity index (χ2v) is 7.28. The van der Waals surface area contributed by atoms with Crippen molar-refractivity contribution in [3.05, 3.63) is 59.2 Å². The minimum absolute atomic E-state index is 0.257. The third kappa shape index (κ3) is 5.45. The summed E-state index contributed by atoms with van der Waals surface area (Å²) in [5, 5.41) is 2.80. The predicted octanol–water partition coefficient (Wildman–Crippen LogP) is 3.89. The van der Waals surface area contributed by atoms with Crippen LogP contribution in [0.25, 0.3) is 11.1 Å². The predicted molar refractivity (Wildman–Crippen MR) is 113 cm³/mol. The topological polar surface area (TPSA) is 72.5 Å². The van der Waals surface area contributed by atoms with E-state index in [9.17, 15) is 14.4 Å². The van der Waals surface area contributed by atoms with E-state index in [-0.39, 0.29) is 12.5 Å². The van der Waals surface area contributed by atoms with Crippen molar-refractivity contribution in [1.82, 2.24) is 5.32 Å². The molecule has 0 bridgehead atoms. The number of aldehydes is 1. The number of aryl methyl sites for hydroxylation is 1. The fourth-order valence-corrected chi connectivity index (χ4v) is 3.37. The van der Waals surface area contributed by atoms with E-state index in [1.54, 1.807) is 36.9 Å². The van der Waals surface area contributed by atoms with Gasteiger partial charge in [-0.05, 0) is 61.1 Å². The summed E-state index contributed by atoms with van der Waals surface area (Å²) in [5.41, 5.74) is 3.42. The molecule has 2 aromatic rings. The fraction of sp³-hybridized carbons (Fsp3) is 0.318. The van der Waals surface area contributed by atoms with Gasteiger partial charge in [0.2, 0.25) is 0 Å². The van der Waals surface area contributed by atoms with Crippen LogP contribution in [0.1, 0.15) is 39.6 Å². The Balaban J connectivity index is 2.39. The number of ether oxygens (including phenoxy) is 1. The lowest BCUT2D eigenvalue weighted by Crippen LogP contribution is -2.42. The zero-order valence-electron chi connectivity index (χ0n) is 16.4. The Kier molecular flexibility index (Phi) is 8.26. The van der Waals surface area contributed by atoms with Crippen LogP contribution in [0, 0.1) is 6.92 Å². The number of rotatable bonds is 9. The molecule has 0 saturated carbocycles. The summed E-state index contributed by atoms with van der Waals surface area (Å²) in [6.07, 6.45) is 3.18. The summed E-state index contributed by atoms with van der Waals surface area (Å²) < 4.78 is 5.10. The van der Waals surface area contributed by atoms with Gasteiger partial charge < -0.3 is 10.1 Å². The number of carbonyl (C=O) groups excluding carboxylic acids is 3. The second-order valence-electron chi connectivity index (χ2n) is 6.30. The SMILES string of the molecule is CCOC(=O)[C@H](CCSC)NC(=O)c1ccc(C=O)cc1-c1ccccc1C. The lowest BCUT2D eigenvalue weighted by Gasteiger charge is -2.19. The average molecular weight is 400 g/mol. The number of benzene rings is 2. The standard InChI is InChI=1S/C22H25NO4S/c1-4-27-22(26)20(11-12-28-3)23-21(25)18-10-9-16(14-24)13-19(18)17-8-6-5-7-15(17)2/h5-10,13-14,20H,4,11-12H2,1-3H3,(H,23,25)/t20-/m0/s1. The Morgan fingerprint density at radius 3 is 2.57 bits per heavy atom. The highest BCUT2D eigenvalue weighted by Crippen LogP contribution is 2.28. The molecular formula is C22H25NO4S. The van der Waals surface area contributed by atoms with Crippen LogP contribution in [0.4, 0.5) is 0 Å². The van der Waals surface area contributed by atoms with Crippen molar-refractivity contribution in [2.45, 2.75) is 26.3 Å². The zero-order chi connectivity index (χ0) is 20.5. The van der Waals surface area contributed by atoms with Gasteiger partial charge in [-0.1, -0.05) is 30.3 Å². The summed E-state index contributed by atoms with van der Waals surface area (Å²) in [7, 11) is 0. The van der Waals surface area contributed by atoms with Crippen LogP contribution >= 0.6 is 11.8 Å². The molecule has 0 radical (unpaired) electrons. The summed E-state index contributed by atoms with van der Waals surface area (Å²) in [4.78, 5) is 36.5. The molecule has 0 aliphatic heterocycles. The van der Waals surface area contributed by atoms with Crippen molar-refractivity contribution >= 4 is 29.9 Å². The van der Waals surface area contributed by atoms with Crippen LogP contribution < -0.4 is 5.32 Å². The number of amides is 1. The molecule has 0 aliphatic rings. The molecule has 2 aromatic carbocycles. The minimum atomic E-state index is -0.713. The number of esters is 1. The number of hydrogen-bond donors (Lipinski definition) is 1. The van der Waals surface area contributed by atoms with Gasteiger partial charge in [0.1, 0.15) is 12.3 Å². The van der Waals surface area contributed by atoms with Gasteiger partial charge in [0.05, 0.1) is 6.61 Å². The minimum Gasteiger partial charge on any atom is -0.464 e. The molecule has 5 nitrogen and oxygen atoms in total. The van der Waals surface area contributed by atoms with Gasteiger partial charge in [0.25, 0.3) is 5.91 Å². The first-order valence-electron chi connectivity index (χ1n) is 9.13. The lowest BCUT2D eigenvalue weighted by atomic mass is 9.94. The van der Waals surface area contributed by atoms with Crippen LogP contribution in [0.5, 0.6) is 0 Å². The van der Waals surface area contributed by atoms with E-state index in [1.807, 2.05) is 37.4 Å². The zero-order valence-corrected chi connectivity index (χ0v) is 17.2. The first-order valence-corrected chi connectivity index (χ1v) is 10.5. The van der Waals surface area contributed by atoms with Crippen molar-refractivity contribution in [3.63, 3.8) is 0 Å². The molecule has 1 amide bonds.